The lowest BCUT2D eigenvalue weighted by Crippen LogP contribution is -2.30. The average molecular weight is 1310 g/mol. The van der Waals surface area contributed by atoms with Gasteiger partial charge < -0.3 is 33.8 Å². The van der Waals surface area contributed by atoms with E-state index in [0.717, 1.165) is 114 Å². The molecule has 0 aliphatic heterocycles. The zero-order valence-electron chi connectivity index (χ0n) is 58.1. The molecule has 3 N–H and O–H groups in total. The van der Waals surface area contributed by atoms with Crippen molar-refractivity contribution in [3.63, 3.8) is 0 Å². The van der Waals surface area contributed by atoms with Crippen LogP contribution in [0.4, 0.5) is 0 Å². The fourth-order valence-electron chi connectivity index (χ4n) is 10.5. The summed E-state index contributed by atoms with van der Waals surface area (Å²) in [5.41, 5.74) is 0. The Hall–Kier alpha value is -1.94. The van der Waals surface area contributed by atoms with Crippen LogP contribution in [-0.2, 0) is 65.4 Å². The molecule has 4 unspecified atom stereocenters. The second kappa shape index (κ2) is 59.8. The summed E-state index contributed by atoms with van der Waals surface area (Å²) in [7, 11) is -9.90. The zero-order valence-corrected chi connectivity index (χ0v) is 59.8. The van der Waals surface area contributed by atoms with Gasteiger partial charge in [-0.2, -0.15) is 0 Å². The minimum Gasteiger partial charge on any atom is -0.462 e. The molecule has 0 aromatic rings. The van der Waals surface area contributed by atoms with Crippen LogP contribution in [0.15, 0.2) is 0 Å². The van der Waals surface area contributed by atoms with E-state index in [4.69, 9.17) is 37.0 Å². The van der Waals surface area contributed by atoms with Crippen LogP contribution in [0.5, 0.6) is 0 Å². The molecule has 89 heavy (non-hydrogen) atoms. The maximum absolute atomic E-state index is 13.0. The highest BCUT2D eigenvalue weighted by Gasteiger charge is 2.30. The molecule has 0 bridgehead atoms. The van der Waals surface area contributed by atoms with E-state index in [1.165, 1.54) is 141 Å². The molecular weight excluding hydrogens is 1170 g/mol. The summed E-state index contributed by atoms with van der Waals surface area (Å²) in [4.78, 5) is 72.4. The molecule has 0 heterocycles. The van der Waals surface area contributed by atoms with Gasteiger partial charge in [0.2, 0.25) is 0 Å². The van der Waals surface area contributed by atoms with Crippen LogP contribution in [0.3, 0.4) is 0 Å². The molecule has 0 aliphatic carbocycles. The molecule has 19 heteroatoms. The zero-order chi connectivity index (χ0) is 66.1. The number of hydrogen-bond acceptors (Lipinski definition) is 15. The molecule has 0 saturated heterocycles. The maximum Gasteiger partial charge on any atom is 0.472 e. The lowest BCUT2D eigenvalue weighted by Gasteiger charge is -2.21. The van der Waals surface area contributed by atoms with Crippen molar-refractivity contribution in [2.24, 2.45) is 23.7 Å². The first-order valence-corrected chi connectivity index (χ1v) is 39.2. The quantitative estimate of drug-likeness (QED) is 0.0222. The second-order valence-electron chi connectivity index (χ2n) is 26.9. The summed E-state index contributed by atoms with van der Waals surface area (Å²) in [6, 6.07) is 0. The highest BCUT2D eigenvalue weighted by molar-refractivity contribution is 7.47. The minimum atomic E-state index is -4.95. The second-order valence-corrected chi connectivity index (χ2v) is 29.8. The summed E-state index contributed by atoms with van der Waals surface area (Å²) in [5, 5.41) is 10.6. The molecular formula is C70H136O17P2. The smallest absolute Gasteiger partial charge is 0.462 e. The fraction of sp³-hybridized carbons (Fsp3) is 0.943. The van der Waals surface area contributed by atoms with Crippen molar-refractivity contribution in [3.8, 4) is 0 Å². The van der Waals surface area contributed by atoms with Gasteiger partial charge >= 0.3 is 39.5 Å². The van der Waals surface area contributed by atoms with Crippen LogP contribution in [0, 0.1) is 23.7 Å². The van der Waals surface area contributed by atoms with Crippen molar-refractivity contribution < 1.29 is 80.2 Å². The van der Waals surface area contributed by atoms with Crippen LogP contribution < -0.4 is 0 Å². The molecule has 17 nitrogen and oxygen atoms in total. The maximum atomic E-state index is 13.0. The third kappa shape index (κ3) is 63.2. The topological polar surface area (TPSA) is 237 Å². The van der Waals surface area contributed by atoms with Gasteiger partial charge in [-0.15, -0.1) is 0 Å². The van der Waals surface area contributed by atoms with E-state index in [-0.39, 0.29) is 25.7 Å². The molecule has 0 fully saturated rings. The average Bonchev–Trinajstić information content (AvgIpc) is 3.70. The van der Waals surface area contributed by atoms with Gasteiger partial charge in [-0.25, -0.2) is 9.13 Å². The number of carbonyl (C=O) groups excluding carboxylic acids is 4. The number of hydrogen-bond donors (Lipinski definition) is 3. The molecule has 0 aromatic carbocycles. The van der Waals surface area contributed by atoms with E-state index in [2.05, 4.69) is 55.4 Å². The number of esters is 4. The summed E-state index contributed by atoms with van der Waals surface area (Å²) >= 11 is 0. The number of rotatable bonds is 67. The first-order chi connectivity index (χ1) is 42.6. The number of phosphoric acid groups is 2. The summed E-state index contributed by atoms with van der Waals surface area (Å²) in [6.45, 7) is 14.0. The predicted molar refractivity (Wildman–Crippen MR) is 358 cm³/mol. The molecule has 6 atom stereocenters. The van der Waals surface area contributed by atoms with Crippen molar-refractivity contribution in [3.05, 3.63) is 0 Å². The van der Waals surface area contributed by atoms with Gasteiger partial charge in [-0.1, -0.05) is 293 Å². The van der Waals surface area contributed by atoms with E-state index in [9.17, 15) is 43.2 Å². The Morgan fingerprint density at radius 3 is 0.798 bits per heavy atom. The van der Waals surface area contributed by atoms with Gasteiger partial charge in [0.25, 0.3) is 0 Å². The van der Waals surface area contributed by atoms with E-state index in [1.807, 2.05) is 0 Å². The van der Waals surface area contributed by atoms with Gasteiger partial charge in [0.05, 0.1) is 26.4 Å². The van der Waals surface area contributed by atoms with Gasteiger partial charge in [0.1, 0.15) is 19.3 Å². The highest BCUT2D eigenvalue weighted by Crippen LogP contribution is 2.45. The van der Waals surface area contributed by atoms with E-state index >= 15 is 0 Å². The van der Waals surface area contributed by atoms with Gasteiger partial charge in [-0.05, 0) is 49.4 Å². The Morgan fingerprint density at radius 1 is 0.315 bits per heavy atom. The Balaban J connectivity index is 5.19. The van der Waals surface area contributed by atoms with E-state index in [0.29, 0.717) is 31.6 Å². The predicted octanol–water partition coefficient (Wildman–Crippen LogP) is 19.7. The van der Waals surface area contributed by atoms with E-state index in [1.54, 1.807) is 0 Å². The molecule has 0 radical (unpaired) electrons. The molecule has 0 rings (SSSR count). The van der Waals surface area contributed by atoms with Crippen molar-refractivity contribution in [2.75, 3.05) is 39.6 Å². The van der Waals surface area contributed by atoms with Crippen molar-refractivity contribution in [1.29, 1.82) is 0 Å². The minimum absolute atomic E-state index is 0.101. The Bertz CT molecular complexity index is 1770. The first kappa shape index (κ1) is 87.1. The fourth-order valence-corrected chi connectivity index (χ4v) is 12.0. The molecule has 528 valence electrons. The van der Waals surface area contributed by atoms with Crippen LogP contribution in [-0.4, -0.2) is 96.7 Å². The monoisotopic (exact) mass is 1310 g/mol. The van der Waals surface area contributed by atoms with Gasteiger partial charge in [0, 0.05) is 25.7 Å². The van der Waals surface area contributed by atoms with Crippen LogP contribution in [0.25, 0.3) is 0 Å². The number of aliphatic hydroxyl groups is 1. The van der Waals surface area contributed by atoms with Crippen LogP contribution in [0.1, 0.15) is 344 Å². The Labute approximate surface area is 543 Å². The van der Waals surface area contributed by atoms with Gasteiger partial charge in [-0.3, -0.25) is 37.3 Å². The van der Waals surface area contributed by atoms with Crippen molar-refractivity contribution >= 4 is 39.5 Å². The van der Waals surface area contributed by atoms with Crippen molar-refractivity contribution in [2.45, 2.75) is 363 Å². The molecule has 0 aliphatic rings. The molecule has 0 saturated carbocycles. The Kier molecular flexibility index (Phi) is 58.5. The molecule has 0 aromatic heterocycles. The first-order valence-electron chi connectivity index (χ1n) is 36.2. The number of unbranched alkanes of at least 4 members (excludes halogenated alkanes) is 32. The summed E-state index contributed by atoms with van der Waals surface area (Å²) in [6.07, 6.45) is 42.0. The van der Waals surface area contributed by atoms with Crippen molar-refractivity contribution in [1.82, 2.24) is 0 Å². The Morgan fingerprint density at radius 2 is 0.539 bits per heavy atom. The third-order valence-corrected chi connectivity index (χ3v) is 18.3. The molecule has 0 amide bonds. The lowest BCUT2D eigenvalue weighted by molar-refractivity contribution is -0.161. The van der Waals surface area contributed by atoms with E-state index < -0.39 is 97.5 Å². The number of carbonyl (C=O) groups is 4. The third-order valence-electron chi connectivity index (χ3n) is 16.4. The largest absolute Gasteiger partial charge is 0.472 e. The summed E-state index contributed by atoms with van der Waals surface area (Å²) in [5.74, 6) is 0.800. The standard InChI is InChI=1S/C70H136O17P2/c1-9-63(8)49-41-33-27-29-35-43-51-68(73)81-57-65(86-69(74)52-44-36-25-19-17-15-13-11-10-12-14-16-18-22-30-38-46-60(2)3)58-84-88(76,77)82-54-64(71)55-83-89(78,79)85-59-66(87-70(75)53-45-37-28-26-32-40-48-62(6)7)56-80-67(72)50-42-34-24-21-20-23-31-39-47-61(4)5/h60-66,71H,9-59H2,1-8H3,(H,76,77)(H,78,79)/t63?,64?,65-,66-/m1/s1. The van der Waals surface area contributed by atoms with Crippen LogP contribution >= 0.6 is 15.6 Å². The number of ether oxygens (including phenoxy) is 4. The summed E-state index contributed by atoms with van der Waals surface area (Å²) < 4.78 is 68.2. The normalized spacial score (nSPS) is 14.6. The SMILES string of the molecule is CCC(C)CCCCCCCCC(=O)OC[C@H](COP(=O)(O)OCC(O)COP(=O)(O)OC[C@@H](COC(=O)CCCCCCCCCCC(C)C)OC(=O)CCCCCCCCC(C)C)OC(=O)CCCCCCCCCCCCCCCCCCC(C)C. The van der Waals surface area contributed by atoms with Gasteiger partial charge in [0.15, 0.2) is 12.2 Å². The number of aliphatic hydroxyl groups excluding tert-OH is 1. The van der Waals surface area contributed by atoms with Crippen LogP contribution in [0.2, 0.25) is 0 Å². The molecule has 0 spiro atoms. The number of phosphoric ester groups is 2. The lowest BCUT2D eigenvalue weighted by atomic mass is 10.00. The highest BCUT2D eigenvalue weighted by atomic mass is 31.2.